The molecule has 2 unspecified atom stereocenters. The predicted molar refractivity (Wildman–Crippen MR) is 346 cm³/mol. The zero-order valence-corrected chi connectivity index (χ0v) is 63.7. The number of anilines is 1. The minimum atomic E-state index is -4.04. The Morgan fingerprint density at radius 2 is 1.13 bits per heavy atom. The summed E-state index contributed by atoms with van der Waals surface area (Å²) in [5.41, 5.74) is 0.293. The minimum Gasteiger partial charge on any atom is -1.00 e. The van der Waals surface area contributed by atoms with Gasteiger partial charge in [0.05, 0.1) is 34.1 Å². The maximum Gasteiger partial charge on any atom is 1.00 e. The summed E-state index contributed by atoms with van der Waals surface area (Å²) in [6.07, 6.45) is 16.3. The van der Waals surface area contributed by atoms with Crippen molar-refractivity contribution in [1.82, 2.24) is 44.3 Å². The third-order valence-electron chi connectivity index (χ3n) is 17.2. The van der Waals surface area contributed by atoms with E-state index in [2.05, 4.69) is 76.6 Å². The fourth-order valence-electron chi connectivity index (χ4n) is 13.3. The molecule has 6 fully saturated rings. The zero-order valence-electron chi connectivity index (χ0n) is 53.2. The largest absolute Gasteiger partial charge is 1.00 e. The van der Waals surface area contributed by atoms with Crippen LogP contribution in [0, 0.1) is 47.3 Å². The molecule has 29 heteroatoms. The summed E-state index contributed by atoms with van der Waals surface area (Å²) in [5, 5.41) is 20.8. The molecule has 4 aliphatic carbocycles. The van der Waals surface area contributed by atoms with Crippen molar-refractivity contribution in [3.63, 3.8) is 0 Å². The second-order valence-corrected chi connectivity index (χ2v) is 28.5. The van der Waals surface area contributed by atoms with E-state index in [1.807, 2.05) is 10.8 Å². The Kier molecular flexibility index (Phi) is 31.4. The summed E-state index contributed by atoms with van der Waals surface area (Å²) >= 11 is 6.20. The van der Waals surface area contributed by atoms with Crippen LogP contribution in [0.1, 0.15) is 128 Å². The van der Waals surface area contributed by atoms with Gasteiger partial charge in [-0.25, -0.2) is 45.6 Å². The van der Waals surface area contributed by atoms with Crippen LogP contribution in [0.25, 0.3) is 11.6 Å². The van der Waals surface area contributed by atoms with Crippen LogP contribution >= 0.6 is 51.0 Å². The van der Waals surface area contributed by atoms with Gasteiger partial charge in [0.1, 0.15) is 11.0 Å². The molecule has 21 nitrogen and oxygen atoms in total. The van der Waals surface area contributed by atoms with Crippen LogP contribution in [0.2, 0.25) is 5.15 Å². The number of amides is 2. The fourth-order valence-corrected chi connectivity index (χ4v) is 15.5. The van der Waals surface area contributed by atoms with E-state index in [1.165, 1.54) is 99.3 Å². The summed E-state index contributed by atoms with van der Waals surface area (Å²) in [7, 11) is -8.06. The number of nitrogens with zero attached hydrogens (tertiary/aromatic N) is 7. The molecule has 2 aromatic carbocycles. The number of rotatable bonds is 16. The van der Waals surface area contributed by atoms with Crippen LogP contribution in [0.4, 0.5) is 5.82 Å². The smallest absolute Gasteiger partial charge is 1.00 e. The van der Waals surface area contributed by atoms with Crippen molar-refractivity contribution in [2.75, 3.05) is 31.2 Å². The molecule has 0 radical (unpaired) electrons. The average Bonchev–Trinajstić information content (AvgIpc) is 1.91. The number of ether oxygens (including phenoxy) is 2. The molecule has 3 N–H and O–H groups in total. The van der Waals surface area contributed by atoms with Crippen LogP contribution in [0.3, 0.4) is 0 Å². The third kappa shape index (κ3) is 20.9. The Morgan fingerprint density at radius 3 is 1.50 bits per heavy atom. The molecule has 0 spiro atoms. The molecule has 6 aliphatic rings. The number of hydrogen-bond acceptors (Lipinski definition) is 17. The van der Waals surface area contributed by atoms with Crippen molar-refractivity contribution in [1.29, 1.82) is 0 Å². The number of pyridine rings is 2. The number of carbonyl (C=O) groups excluding carboxylic acids is 3. The first-order valence-corrected chi connectivity index (χ1v) is 32.4. The molecule has 4 aromatic heterocycles. The molecule has 90 heavy (non-hydrogen) atoms. The van der Waals surface area contributed by atoms with Crippen LogP contribution < -0.4 is 137 Å². The number of benzene rings is 2. The molecule has 4 saturated carbocycles. The summed E-state index contributed by atoms with van der Waals surface area (Å²) in [6, 6.07) is 25.4. The Balaban J connectivity index is 0.000000384. The van der Waals surface area contributed by atoms with E-state index in [0.29, 0.717) is 72.3 Å². The number of carbonyl (C=O) groups is 3. The first-order chi connectivity index (χ1) is 40.5. The molecule has 6 heterocycles. The second-order valence-electron chi connectivity index (χ2n) is 24.7. The van der Waals surface area contributed by atoms with Crippen LogP contribution in [0.15, 0.2) is 119 Å². The molecular weight excluding hydrogens is 1330 g/mol. The molecule has 2 saturated heterocycles. The molecule has 12 rings (SSSR count). The number of fused-ring (bicyclic) bond motifs is 4. The number of halogens is 2. The number of nitrogens with one attached hydrogen (secondary N) is 3. The van der Waals surface area contributed by atoms with Crippen molar-refractivity contribution < 1.29 is 155 Å². The summed E-state index contributed by atoms with van der Waals surface area (Å²) < 4.78 is 70.0. The van der Waals surface area contributed by atoms with Gasteiger partial charge in [0.25, 0.3) is 38.3 Å². The van der Waals surface area contributed by atoms with E-state index in [-0.39, 0.29) is 182 Å². The van der Waals surface area contributed by atoms with Gasteiger partial charge in [-0.3, -0.25) is 14.4 Å². The zero-order chi connectivity index (χ0) is 60.7. The molecule has 2 aliphatic heterocycles. The summed E-state index contributed by atoms with van der Waals surface area (Å²) in [4.78, 5) is 48.4. The van der Waals surface area contributed by atoms with Gasteiger partial charge in [0.15, 0.2) is 11.6 Å². The molecule has 4 bridgehead atoms. The van der Waals surface area contributed by atoms with Gasteiger partial charge >= 0.3 is 103 Å². The predicted octanol–water partition coefficient (Wildman–Crippen LogP) is 3.28. The van der Waals surface area contributed by atoms with E-state index in [0.717, 1.165) is 36.0 Å². The third-order valence-corrected chi connectivity index (χ3v) is 20.1. The van der Waals surface area contributed by atoms with Gasteiger partial charge in [0, 0.05) is 42.1 Å². The Morgan fingerprint density at radius 1 is 0.678 bits per heavy atom. The number of hydrogen-bond donors (Lipinski definition) is 3. The maximum atomic E-state index is 13.4. The first-order valence-electron chi connectivity index (χ1n) is 29.0. The summed E-state index contributed by atoms with van der Waals surface area (Å²) in [6.45, 7) is 16.3. The SMILES string of the molecule is C[C@@H]1CN(c2nc(-n3ccc(OCC4C[C@H]5CC[C@@H]4C5)n3)ccc2C(=O)NS(=O)(=O)c2ccccc2)C(C)(C)C1.C[C@@H]1CNC(C)(C)C1.Cl.O=C(NS(=O)(=O)c1ccccc1)c1ccc(-n2ccc(OCC3C[C@H]4CC[C@@H]3C4)n2)nc1Cl.O=CO[O-].S.S.[H-].[K+].[K+]. The Bertz CT molecular complexity index is 3550. The van der Waals surface area contributed by atoms with Crippen LogP contribution in [-0.2, 0) is 29.7 Å². The monoisotopic (exact) mass is 1410 g/mol. The average molecular weight is 1410 g/mol. The molecule has 482 valence electrons. The van der Waals surface area contributed by atoms with Gasteiger partial charge in [-0.15, -0.1) is 22.6 Å². The second kappa shape index (κ2) is 35.4. The van der Waals surface area contributed by atoms with Crippen molar-refractivity contribution in [2.24, 2.45) is 47.3 Å². The first kappa shape index (κ1) is 79.8. The maximum absolute atomic E-state index is 13.4. The van der Waals surface area contributed by atoms with E-state index in [4.69, 9.17) is 36.1 Å². The fraction of sp³-hybridized carbons (Fsp3) is 0.492. The van der Waals surface area contributed by atoms with Gasteiger partial charge in [0.2, 0.25) is 11.8 Å². The van der Waals surface area contributed by atoms with Gasteiger partial charge < -0.3 is 31.3 Å². The van der Waals surface area contributed by atoms with Crippen LogP contribution in [-0.4, -0.2) is 102 Å². The van der Waals surface area contributed by atoms with Gasteiger partial charge in [-0.2, -0.15) is 27.0 Å². The Hall–Kier alpha value is -2.66. The van der Waals surface area contributed by atoms with Crippen molar-refractivity contribution in [2.45, 2.75) is 127 Å². The minimum absolute atomic E-state index is 0. The standard InChI is InChI=1S/C30H37N5O4S.C23H23ClN4O4S.C7H15N.CH2O3.ClH.2K.2H2S.H/c1-20-17-30(2,3)34(18-20)28-25(29(36)33-40(37,38)24-7-5-4-6-8-24)11-12-26(31-28)35-14-13-27(32-35)39-19-23-16-21-9-10-22(23)15-21;24-22-19(23(29)27-33(30,31)18-4-2-1-3-5-18)8-9-20(25-22)28-11-10-21(26-28)32-14-17-13-15-6-7-16(17)12-15;1-6-4-7(2,3)8-5-6;2-1-4-3;;;;;;/h4-8,11-14,20-23H,9-10,15-19H2,1-3H3,(H,33,36);1-5,8-11,15-17H,6-7,12-14H2,(H,27,29);6,8H,4-5H2,1-3H3;1,3H;1H;;;2*1H2;/q;;;;;2*+1;;;-1/p-1/t20-,21-,22+,23?;15-,16+,17?;6-;;;;;;;/m000......./s1. The van der Waals surface area contributed by atoms with Crippen molar-refractivity contribution >= 4 is 95.2 Å². The van der Waals surface area contributed by atoms with Crippen LogP contribution in [0.5, 0.6) is 11.8 Å². The van der Waals surface area contributed by atoms with Gasteiger partial charge in [-0.05, 0) is 181 Å². The molecule has 2 amide bonds. The molecular formula is C61H82Cl2K2N10O11S4. The van der Waals surface area contributed by atoms with E-state index < -0.39 is 31.9 Å². The summed E-state index contributed by atoms with van der Waals surface area (Å²) in [5.74, 6) is 6.61. The Labute approximate surface area is 640 Å². The van der Waals surface area contributed by atoms with Crippen molar-refractivity contribution in [3.8, 4) is 23.4 Å². The van der Waals surface area contributed by atoms with Gasteiger partial charge in [-0.1, -0.05) is 74.7 Å². The topological polar surface area (TPSA) is 271 Å². The van der Waals surface area contributed by atoms with E-state index in [1.54, 1.807) is 77.7 Å². The molecule has 8 atom stereocenters. The normalized spacial score (nSPS) is 22.6. The van der Waals surface area contributed by atoms with E-state index >= 15 is 0 Å². The van der Waals surface area contributed by atoms with E-state index in [9.17, 15) is 26.4 Å². The number of aromatic nitrogens is 6. The molecule has 6 aromatic rings. The van der Waals surface area contributed by atoms with Crippen molar-refractivity contribution in [3.05, 3.63) is 126 Å². The quantitative estimate of drug-likeness (QED) is 0.0413. The number of sulfonamides is 2.